The average Bonchev–Trinajstić information content (AvgIpc) is 2.88. The van der Waals surface area contributed by atoms with E-state index in [2.05, 4.69) is 12.2 Å². The molecule has 116 valence electrons. The molecule has 21 heavy (non-hydrogen) atoms. The normalized spacial score (nSPS) is 28.1. The van der Waals surface area contributed by atoms with Gasteiger partial charge in [0.2, 0.25) is 5.91 Å². The van der Waals surface area contributed by atoms with Gasteiger partial charge < -0.3 is 10.4 Å². The van der Waals surface area contributed by atoms with Crippen LogP contribution in [0.25, 0.3) is 0 Å². The number of nitrogens with one attached hydrogen (secondary N) is 1. The van der Waals surface area contributed by atoms with Gasteiger partial charge in [0.05, 0.1) is 6.04 Å². The molecule has 3 heteroatoms. The Balaban J connectivity index is 1.97. The van der Waals surface area contributed by atoms with E-state index in [1.165, 1.54) is 0 Å². The first kappa shape index (κ1) is 16.0. The summed E-state index contributed by atoms with van der Waals surface area (Å²) in [5.74, 6) is 1.13. The Morgan fingerprint density at radius 2 is 1.95 bits per heavy atom. The lowest BCUT2D eigenvalue weighted by Crippen LogP contribution is -2.37. The third-order valence-corrected chi connectivity index (χ3v) is 5.16. The first-order valence-electron chi connectivity index (χ1n) is 8.00. The molecule has 2 rings (SSSR count). The Hall–Kier alpha value is -1.35. The van der Waals surface area contributed by atoms with Gasteiger partial charge in [-0.15, -0.1) is 0 Å². The zero-order chi connectivity index (χ0) is 15.4. The first-order valence-corrected chi connectivity index (χ1v) is 8.00. The molecule has 1 aromatic rings. The zero-order valence-corrected chi connectivity index (χ0v) is 13.3. The van der Waals surface area contributed by atoms with Gasteiger partial charge in [-0.25, -0.2) is 0 Å². The molecule has 1 saturated carbocycles. The second-order valence-corrected chi connectivity index (χ2v) is 6.49. The van der Waals surface area contributed by atoms with Gasteiger partial charge in [-0.05, 0) is 36.7 Å². The maximum Gasteiger partial charge on any atom is 0.223 e. The molecule has 1 amide bonds. The number of carbonyl (C=O) groups is 1. The Bertz CT molecular complexity index is 460. The summed E-state index contributed by atoms with van der Waals surface area (Å²) in [7, 11) is 0. The Labute approximate surface area is 127 Å². The fraction of sp³-hybridized carbons (Fsp3) is 0.611. The van der Waals surface area contributed by atoms with Crippen LogP contribution in [0.1, 0.15) is 45.2 Å². The van der Waals surface area contributed by atoms with Crippen LogP contribution in [0.15, 0.2) is 30.3 Å². The summed E-state index contributed by atoms with van der Waals surface area (Å²) in [6, 6.07) is 10.0. The van der Waals surface area contributed by atoms with Gasteiger partial charge >= 0.3 is 0 Å². The van der Waals surface area contributed by atoms with Gasteiger partial charge in [0.1, 0.15) is 0 Å². The second kappa shape index (κ2) is 7.08. The number of benzene rings is 1. The number of amides is 1. The molecule has 0 aromatic heterocycles. The van der Waals surface area contributed by atoms with Gasteiger partial charge in [0.15, 0.2) is 0 Å². The van der Waals surface area contributed by atoms with Gasteiger partial charge in [0.25, 0.3) is 0 Å². The molecular formula is C18H27NO2. The van der Waals surface area contributed by atoms with E-state index < -0.39 is 0 Å². The summed E-state index contributed by atoms with van der Waals surface area (Å²) in [6.45, 7) is 6.38. The van der Waals surface area contributed by atoms with Gasteiger partial charge in [0, 0.05) is 12.5 Å². The number of carbonyl (C=O) groups excluding carboxylic acids is 1. The van der Waals surface area contributed by atoms with Crippen LogP contribution in [0.4, 0.5) is 0 Å². The highest BCUT2D eigenvalue weighted by Gasteiger charge is 2.38. The summed E-state index contributed by atoms with van der Waals surface area (Å²) >= 11 is 0. The van der Waals surface area contributed by atoms with Crippen LogP contribution in [-0.2, 0) is 4.79 Å². The van der Waals surface area contributed by atoms with Crippen molar-refractivity contribution in [2.75, 3.05) is 6.61 Å². The Morgan fingerprint density at radius 1 is 1.29 bits per heavy atom. The number of rotatable bonds is 5. The van der Waals surface area contributed by atoms with Crippen molar-refractivity contribution in [1.29, 1.82) is 0 Å². The molecule has 1 aliphatic rings. The van der Waals surface area contributed by atoms with Gasteiger partial charge in [-0.2, -0.15) is 0 Å². The smallest absolute Gasteiger partial charge is 0.223 e. The molecule has 0 spiro atoms. The fourth-order valence-corrected chi connectivity index (χ4v) is 3.61. The van der Waals surface area contributed by atoms with E-state index in [1.807, 2.05) is 44.2 Å². The van der Waals surface area contributed by atoms with Crippen LogP contribution < -0.4 is 5.32 Å². The van der Waals surface area contributed by atoms with Crippen molar-refractivity contribution in [2.45, 2.75) is 39.7 Å². The topological polar surface area (TPSA) is 49.3 Å². The van der Waals surface area contributed by atoms with Gasteiger partial charge in [-0.1, -0.05) is 50.6 Å². The van der Waals surface area contributed by atoms with E-state index in [4.69, 9.17) is 0 Å². The molecule has 0 aliphatic heterocycles. The third-order valence-electron chi connectivity index (χ3n) is 5.16. The lowest BCUT2D eigenvalue weighted by Gasteiger charge is -2.27. The second-order valence-electron chi connectivity index (χ2n) is 6.49. The predicted molar refractivity (Wildman–Crippen MR) is 84.6 cm³/mol. The zero-order valence-electron chi connectivity index (χ0n) is 13.3. The van der Waals surface area contributed by atoms with Crippen molar-refractivity contribution >= 4 is 5.91 Å². The van der Waals surface area contributed by atoms with Crippen molar-refractivity contribution < 1.29 is 9.90 Å². The van der Waals surface area contributed by atoms with Crippen LogP contribution in [0.2, 0.25) is 0 Å². The number of aliphatic hydroxyl groups is 1. The monoisotopic (exact) mass is 289 g/mol. The minimum Gasteiger partial charge on any atom is -0.396 e. The van der Waals surface area contributed by atoms with E-state index >= 15 is 0 Å². The van der Waals surface area contributed by atoms with Crippen LogP contribution in [0.5, 0.6) is 0 Å². The molecule has 0 bridgehead atoms. The molecule has 0 unspecified atom stereocenters. The molecular weight excluding hydrogens is 262 g/mol. The van der Waals surface area contributed by atoms with Crippen LogP contribution in [0.3, 0.4) is 0 Å². The maximum atomic E-state index is 12.5. The van der Waals surface area contributed by atoms with Crippen molar-refractivity contribution in [1.82, 2.24) is 5.32 Å². The largest absolute Gasteiger partial charge is 0.396 e. The van der Waals surface area contributed by atoms with Crippen molar-refractivity contribution in [2.24, 2.45) is 23.7 Å². The van der Waals surface area contributed by atoms with E-state index in [1.54, 1.807) is 0 Å². The molecule has 1 aromatic carbocycles. The molecule has 1 aliphatic carbocycles. The minimum absolute atomic E-state index is 0.0209. The van der Waals surface area contributed by atoms with E-state index in [-0.39, 0.29) is 30.4 Å². The lowest BCUT2D eigenvalue weighted by molar-refractivity contribution is -0.127. The maximum absolute atomic E-state index is 12.5. The molecule has 3 nitrogen and oxygen atoms in total. The van der Waals surface area contributed by atoms with Crippen molar-refractivity contribution in [3.63, 3.8) is 0 Å². The number of aliphatic hydroxyl groups excluding tert-OH is 1. The quantitative estimate of drug-likeness (QED) is 0.875. The lowest BCUT2D eigenvalue weighted by atomic mass is 9.82. The van der Waals surface area contributed by atoms with E-state index in [9.17, 15) is 9.90 Å². The molecule has 0 radical (unpaired) electrons. The molecule has 1 fully saturated rings. The molecule has 0 heterocycles. The average molecular weight is 289 g/mol. The standard InChI is InChI=1S/C18H27NO2/c1-12-9-10-16(17(12)11-20)13(2)18(21)19-14(3)15-7-5-4-6-8-15/h4-8,12-14,16-17,20H,9-11H2,1-3H3,(H,19,21)/t12-,13+,14-,16+,17+/m0/s1. The summed E-state index contributed by atoms with van der Waals surface area (Å²) in [5.41, 5.74) is 1.12. The van der Waals surface area contributed by atoms with Crippen LogP contribution in [0, 0.1) is 23.7 Å². The van der Waals surface area contributed by atoms with Crippen molar-refractivity contribution in [3.8, 4) is 0 Å². The van der Waals surface area contributed by atoms with Crippen LogP contribution in [-0.4, -0.2) is 17.6 Å². The number of hydrogen-bond donors (Lipinski definition) is 2. The highest BCUT2D eigenvalue weighted by atomic mass is 16.3. The molecule has 5 atom stereocenters. The number of hydrogen-bond acceptors (Lipinski definition) is 2. The Kier molecular flexibility index (Phi) is 5.40. The van der Waals surface area contributed by atoms with Crippen LogP contribution >= 0.6 is 0 Å². The van der Waals surface area contributed by atoms with E-state index in [0.29, 0.717) is 11.8 Å². The summed E-state index contributed by atoms with van der Waals surface area (Å²) in [6.07, 6.45) is 2.16. The summed E-state index contributed by atoms with van der Waals surface area (Å²) < 4.78 is 0. The fourth-order valence-electron chi connectivity index (χ4n) is 3.61. The molecule has 2 N–H and O–H groups in total. The van der Waals surface area contributed by atoms with Gasteiger partial charge in [-0.3, -0.25) is 4.79 Å². The predicted octanol–water partition coefficient (Wildman–Crippen LogP) is 3.15. The highest BCUT2D eigenvalue weighted by Crippen LogP contribution is 2.41. The molecule has 0 saturated heterocycles. The highest BCUT2D eigenvalue weighted by molar-refractivity contribution is 5.79. The first-order chi connectivity index (χ1) is 10.0. The minimum atomic E-state index is -0.0433. The third kappa shape index (κ3) is 3.65. The van der Waals surface area contributed by atoms with E-state index in [0.717, 1.165) is 18.4 Å². The summed E-state index contributed by atoms with van der Waals surface area (Å²) in [4.78, 5) is 12.5. The summed E-state index contributed by atoms with van der Waals surface area (Å²) in [5, 5.41) is 12.7. The Morgan fingerprint density at radius 3 is 2.57 bits per heavy atom. The van der Waals surface area contributed by atoms with Crippen molar-refractivity contribution in [3.05, 3.63) is 35.9 Å². The SMILES string of the molecule is C[C@H](NC(=O)[C@H](C)[C@H]1CC[C@H](C)[C@H]1CO)c1ccccc1.